The smallest absolute Gasteiger partial charge is 0.319 e. The first kappa shape index (κ1) is 21.1. The number of nitrogens with zero attached hydrogens (tertiary/aromatic N) is 2. The van der Waals surface area contributed by atoms with E-state index < -0.39 is 0 Å². The van der Waals surface area contributed by atoms with Gasteiger partial charge in [0.15, 0.2) is 0 Å². The van der Waals surface area contributed by atoms with Crippen molar-refractivity contribution in [1.29, 1.82) is 0 Å². The Morgan fingerprint density at radius 2 is 1.57 bits per heavy atom. The summed E-state index contributed by atoms with van der Waals surface area (Å²) in [4.78, 5) is 21.0. The van der Waals surface area contributed by atoms with Crippen molar-refractivity contribution < 1.29 is 4.79 Å². The number of carbonyl (C=O) groups is 1. The van der Waals surface area contributed by atoms with Crippen LogP contribution in [0.5, 0.6) is 0 Å². The minimum atomic E-state index is -0.244. The Kier molecular flexibility index (Phi) is 6.85. The summed E-state index contributed by atoms with van der Waals surface area (Å²) in [7, 11) is 0. The lowest BCUT2D eigenvalue weighted by Gasteiger charge is -2.11. The van der Waals surface area contributed by atoms with Crippen molar-refractivity contribution in [2.24, 2.45) is 0 Å². The van der Waals surface area contributed by atoms with Gasteiger partial charge >= 0.3 is 6.03 Å². The zero-order valence-corrected chi connectivity index (χ0v) is 17.8. The molecule has 1 aromatic heterocycles. The molecule has 0 saturated carbocycles. The second kappa shape index (κ2) is 9.73. The number of anilines is 4. The molecule has 0 aliphatic carbocycles. The highest BCUT2D eigenvalue weighted by molar-refractivity contribution is 5.89. The summed E-state index contributed by atoms with van der Waals surface area (Å²) in [5.74, 6) is 1.23. The molecular formula is C23H28N6O. The Balaban J connectivity index is 1.48. The molecule has 0 spiro atoms. The first-order chi connectivity index (χ1) is 14.4. The van der Waals surface area contributed by atoms with E-state index in [-0.39, 0.29) is 6.03 Å². The highest BCUT2D eigenvalue weighted by Crippen LogP contribution is 2.17. The predicted molar refractivity (Wildman–Crippen MR) is 123 cm³/mol. The van der Waals surface area contributed by atoms with Crippen LogP contribution >= 0.6 is 0 Å². The molecule has 7 heteroatoms. The normalized spacial score (nSPS) is 10.4. The van der Waals surface area contributed by atoms with Crippen LogP contribution in [-0.4, -0.2) is 29.1 Å². The second-order valence-corrected chi connectivity index (χ2v) is 7.32. The van der Waals surface area contributed by atoms with Gasteiger partial charge in [0.05, 0.1) is 0 Å². The highest BCUT2D eigenvalue weighted by atomic mass is 16.2. The third-order valence-electron chi connectivity index (χ3n) is 4.64. The quantitative estimate of drug-likeness (QED) is 0.429. The average molecular weight is 405 g/mol. The van der Waals surface area contributed by atoms with E-state index >= 15 is 0 Å². The monoisotopic (exact) mass is 404 g/mol. The fourth-order valence-electron chi connectivity index (χ4n) is 2.84. The number of amides is 2. The number of aryl methyl sites for hydroxylation is 4. The summed E-state index contributed by atoms with van der Waals surface area (Å²) in [6.45, 7) is 8.98. The summed E-state index contributed by atoms with van der Waals surface area (Å²) < 4.78 is 0. The van der Waals surface area contributed by atoms with Crippen LogP contribution in [0.1, 0.15) is 22.4 Å². The number of rotatable bonds is 7. The van der Waals surface area contributed by atoms with Gasteiger partial charge in [-0.1, -0.05) is 23.8 Å². The number of aromatic nitrogens is 2. The molecule has 3 rings (SSSR count). The van der Waals surface area contributed by atoms with Crippen molar-refractivity contribution in [1.82, 2.24) is 15.3 Å². The molecule has 3 aromatic rings. The summed E-state index contributed by atoms with van der Waals surface area (Å²) in [5, 5.41) is 12.1. The van der Waals surface area contributed by atoms with E-state index in [9.17, 15) is 4.79 Å². The Bertz CT molecular complexity index is 1020. The Morgan fingerprint density at radius 3 is 2.30 bits per heavy atom. The first-order valence-electron chi connectivity index (χ1n) is 9.94. The maximum Gasteiger partial charge on any atom is 0.319 e. The van der Waals surface area contributed by atoms with Gasteiger partial charge in [-0.3, -0.25) is 0 Å². The molecule has 0 atom stereocenters. The zero-order chi connectivity index (χ0) is 21.5. The topological polar surface area (TPSA) is 91.0 Å². The summed E-state index contributed by atoms with van der Waals surface area (Å²) in [6, 6.07) is 15.6. The molecule has 0 fully saturated rings. The van der Waals surface area contributed by atoms with Crippen LogP contribution in [0.2, 0.25) is 0 Å². The fraction of sp³-hybridized carbons (Fsp3) is 0.261. The number of hydrogen-bond acceptors (Lipinski definition) is 5. The minimum absolute atomic E-state index is 0.244. The SMILES string of the molecule is Cc1ccc(Nc2cc(C)nc(NCCNC(=O)Nc3ccc(C)c(C)c3)n2)cc1. The van der Waals surface area contributed by atoms with E-state index in [1.165, 1.54) is 11.1 Å². The van der Waals surface area contributed by atoms with Gasteiger partial charge in [-0.2, -0.15) is 4.98 Å². The third kappa shape index (κ3) is 6.20. The summed E-state index contributed by atoms with van der Waals surface area (Å²) >= 11 is 0. The molecule has 30 heavy (non-hydrogen) atoms. The van der Waals surface area contributed by atoms with E-state index in [1.54, 1.807) is 0 Å². The molecule has 0 radical (unpaired) electrons. The minimum Gasteiger partial charge on any atom is -0.352 e. The molecule has 0 unspecified atom stereocenters. The van der Waals surface area contributed by atoms with Crippen LogP contribution in [0.3, 0.4) is 0 Å². The summed E-state index contributed by atoms with van der Waals surface area (Å²) in [6.07, 6.45) is 0. The number of hydrogen-bond donors (Lipinski definition) is 4. The highest BCUT2D eigenvalue weighted by Gasteiger charge is 2.05. The number of carbonyl (C=O) groups excluding carboxylic acids is 1. The average Bonchev–Trinajstić information content (AvgIpc) is 2.69. The van der Waals surface area contributed by atoms with Crippen LogP contribution in [-0.2, 0) is 0 Å². The van der Waals surface area contributed by atoms with Gasteiger partial charge in [0, 0.05) is 36.2 Å². The van der Waals surface area contributed by atoms with E-state index in [1.807, 2.05) is 69.3 Å². The molecule has 0 aliphatic rings. The Labute approximate surface area is 177 Å². The molecular weight excluding hydrogens is 376 g/mol. The number of nitrogens with one attached hydrogen (secondary N) is 4. The lowest BCUT2D eigenvalue weighted by atomic mass is 10.1. The lowest BCUT2D eigenvalue weighted by Crippen LogP contribution is -2.32. The van der Waals surface area contributed by atoms with Crippen molar-refractivity contribution in [3.63, 3.8) is 0 Å². The maximum atomic E-state index is 12.1. The molecule has 0 bridgehead atoms. The van der Waals surface area contributed by atoms with Crippen molar-refractivity contribution in [3.05, 3.63) is 70.9 Å². The lowest BCUT2D eigenvalue weighted by molar-refractivity contribution is 0.252. The van der Waals surface area contributed by atoms with Crippen molar-refractivity contribution >= 4 is 29.2 Å². The zero-order valence-electron chi connectivity index (χ0n) is 17.8. The predicted octanol–water partition coefficient (Wildman–Crippen LogP) is 4.69. The Morgan fingerprint density at radius 1 is 0.833 bits per heavy atom. The standard InChI is InChI=1S/C23H28N6O/c1-15-5-8-19(9-6-15)27-21-14-18(4)26-22(29-21)24-11-12-25-23(30)28-20-10-7-16(2)17(3)13-20/h5-10,13-14H,11-12H2,1-4H3,(H2,25,28,30)(H2,24,26,27,29). The number of urea groups is 1. The third-order valence-corrected chi connectivity index (χ3v) is 4.64. The van der Waals surface area contributed by atoms with Crippen LogP contribution in [0, 0.1) is 27.7 Å². The van der Waals surface area contributed by atoms with E-state index in [0.29, 0.717) is 24.9 Å². The molecule has 2 aromatic carbocycles. The van der Waals surface area contributed by atoms with Gasteiger partial charge in [0.1, 0.15) is 5.82 Å². The van der Waals surface area contributed by atoms with Gasteiger partial charge < -0.3 is 21.3 Å². The molecule has 1 heterocycles. The van der Waals surface area contributed by atoms with Gasteiger partial charge in [0.25, 0.3) is 0 Å². The molecule has 0 aliphatic heterocycles. The van der Waals surface area contributed by atoms with Crippen LogP contribution in [0.15, 0.2) is 48.5 Å². The molecule has 2 amide bonds. The molecule has 0 saturated heterocycles. The van der Waals surface area contributed by atoms with Crippen LogP contribution in [0.25, 0.3) is 0 Å². The van der Waals surface area contributed by atoms with E-state index in [4.69, 9.17) is 0 Å². The largest absolute Gasteiger partial charge is 0.352 e. The number of benzene rings is 2. The molecule has 156 valence electrons. The molecule has 7 nitrogen and oxygen atoms in total. The van der Waals surface area contributed by atoms with Crippen molar-refractivity contribution in [2.75, 3.05) is 29.0 Å². The Hall–Kier alpha value is -3.61. The van der Waals surface area contributed by atoms with Crippen molar-refractivity contribution in [3.8, 4) is 0 Å². The fourth-order valence-corrected chi connectivity index (χ4v) is 2.84. The van der Waals surface area contributed by atoms with E-state index in [0.717, 1.165) is 22.6 Å². The van der Waals surface area contributed by atoms with Crippen LogP contribution in [0.4, 0.5) is 27.9 Å². The molecule has 4 N–H and O–H groups in total. The maximum absolute atomic E-state index is 12.1. The van der Waals surface area contributed by atoms with Gasteiger partial charge in [-0.25, -0.2) is 9.78 Å². The van der Waals surface area contributed by atoms with E-state index in [2.05, 4.69) is 38.2 Å². The van der Waals surface area contributed by atoms with Crippen molar-refractivity contribution in [2.45, 2.75) is 27.7 Å². The summed E-state index contributed by atoms with van der Waals surface area (Å²) in [5.41, 5.74) is 6.13. The second-order valence-electron chi connectivity index (χ2n) is 7.32. The van der Waals surface area contributed by atoms with Crippen LogP contribution < -0.4 is 21.3 Å². The van der Waals surface area contributed by atoms with Gasteiger partial charge in [-0.15, -0.1) is 0 Å². The van der Waals surface area contributed by atoms with Gasteiger partial charge in [0.2, 0.25) is 5.95 Å². The van der Waals surface area contributed by atoms with Gasteiger partial charge in [-0.05, 0) is 63.1 Å². The first-order valence-corrected chi connectivity index (χ1v) is 9.94.